The highest BCUT2D eigenvalue weighted by atomic mass is 16.7. The van der Waals surface area contributed by atoms with E-state index >= 15 is 0 Å². The second kappa shape index (κ2) is 7.06. The summed E-state index contributed by atoms with van der Waals surface area (Å²) in [7, 11) is 0. The minimum absolute atomic E-state index is 0.0839. The zero-order valence-electron chi connectivity index (χ0n) is 15.2. The SMILES string of the molecule is CC1(C)OC[C@H](CN(Cc2ccc3c(c2)OCO3)C(=O)[C@@H]2CCOC2)O1. The van der Waals surface area contributed by atoms with Gasteiger partial charge in [0.25, 0.3) is 0 Å². The second-order valence-corrected chi connectivity index (χ2v) is 7.42. The Morgan fingerprint density at radius 3 is 2.81 bits per heavy atom. The molecule has 2 saturated heterocycles. The molecule has 3 aliphatic rings. The van der Waals surface area contributed by atoms with E-state index in [0.717, 1.165) is 23.5 Å². The van der Waals surface area contributed by atoms with E-state index in [9.17, 15) is 4.79 Å². The third-order valence-electron chi connectivity index (χ3n) is 4.89. The maximum Gasteiger partial charge on any atom is 0.231 e. The molecule has 7 heteroatoms. The molecule has 0 radical (unpaired) electrons. The number of ether oxygens (including phenoxy) is 5. The number of rotatable bonds is 5. The molecule has 0 bridgehead atoms. The van der Waals surface area contributed by atoms with Gasteiger partial charge in [0, 0.05) is 19.7 Å². The van der Waals surface area contributed by atoms with Gasteiger partial charge in [0.15, 0.2) is 17.3 Å². The van der Waals surface area contributed by atoms with E-state index in [1.165, 1.54) is 0 Å². The Labute approximate surface area is 153 Å². The lowest BCUT2D eigenvalue weighted by Gasteiger charge is -2.28. The summed E-state index contributed by atoms with van der Waals surface area (Å²) in [6.07, 6.45) is 0.634. The van der Waals surface area contributed by atoms with Gasteiger partial charge in [-0.1, -0.05) is 6.07 Å². The maximum absolute atomic E-state index is 13.0. The Kier molecular flexibility index (Phi) is 4.77. The number of hydrogen-bond donors (Lipinski definition) is 0. The van der Waals surface area contributed by atoms with E-state index in [1.807, 2.05) is 36.9 Å². The third kappa shape index (κ3) is 3.79. The molecule has 0 unspecified atom stereocenters. The number of amides is 1. The first-order chi connectivity index (χ1) is 12.5. The number of fused-ring (bicyclic) bond motifs is 1. The van der Waals surface area contributed by atoms with Crippen molar-refractivity contribution in [3.05, 3.63) is 23.8 Å². The van der Waals surface area contributed by atoms with E-state index in [0.29, 0.717) is 32.9 Å². The Morgan fingerprint density at radius 2 is 2.08 bits per heavy atom. The van der Waals surface area contributed by atoms with Crippen LogP contribution in [0.1, 0.15) is 25.8 Å². The van der Waals surface area contributed by atoms with Crippen LogP contribution in [0.15, 0.2) is 18.2 Å². The summed E-state index contributed by atoms with van der Waals surface area (Å²) >= 11 is 0. The first-order valence-electron chi connectivity index (χ1n) is 9.07. The van der Waals surface area contributed by atoms with Gasteiger partial charge in [-0.25, -0.2) is 0 Å². The van der Waals surface area contributed by atoms with Crippen molar-refractivity contribution in [1.29, 1.82) is 0 Å². The Hall–Kier alpha value is -1.83. The van der Waals surface area contributed by atoms with Crippen molar-refractivity contribution in [2.24, 2.45) is 5.92 Å². The summed E-state index contributed by atoms with van der Waals surface area (Å²) in [4.78, 5) is 14.9. The number of benzene rings is 1. The Morgan fingerprint density at radius 1 is 1.23 bits per heavy atom. The third-order valence-corrected chi connectivity index (χ3v) is 4.89. The molecule has 3 heterocycles. The molecule has 1 amide bonds. The first kappa shape index (κ1) is 17.6. The van der Waals surface area contributed by atoms with Crippen LogP contribution < -0.4 is 9.47 Å². The van der Waals surface area contributed by atoms with Gasteiger partial charge >= 0.3 is 0 Å². The van der Waals surface area contributed by atoms with Gasteiger partial charge in [-0.2, -0.15) is 0 Å². The van der Waals surface area contributed by atoms with E-state index in [2.05, 4.69) is 0 Å². The molecule has 7 nitrogen and oxygen atoms in total. The minimum Gasteiger partial charge on any atom is -0.454 e. The predicted octanol–water partition coefficient (Wildman–Crippen LogP) is 1.93. The molecule has 0 aromatic heterocycles. The van der Waals surface area contributed by atoms with Crippen LogP contribution >= 0.6 is 0 Å². The molecule has 1 aromatic rings. The van der Waals surface area contributed by atoms with Gasteiger partial charge in [-0.15, -0.1) is 0 Å². The van der Waals surface area contributed by atoms with Gasteiger partial charge < -0.3 is 28.6 Å². The van der Waals surface area contributed by atoms with Gasteiger partial charge in [0.05, 0.1) is 19.1 Å². The molecule has 2 fully saturated rings. The van der Waals surface area contributed by atoms with Crippen molar-refractivity contribution in [1.82, 2.24) is 4.90 Å². The van der Waals surface area contributed by atoms with Gasteiger partial charge in [0.1, 0.15) is 6.10 Å². The summed E-state index contributed by atoms with van der Waals surface area (Å²) in [5.41, 5.74) is 1.000. The molecule has 142 valence electrons. The fraction of sp³-hybridized carbons (Fsp3) is 0.632. The van der Waals surface area contributed by atoms with Crippen molar-refractivity contribution in [2.75, 3.05) is 33.2 Å². The minimum atomic E-state index is -0.603. The summed E-state index contributed by atoms with van der Waals surface area (Å²) in [6, 6.07) is 5.79. The van der Waals surface area contributed by atoms with Gasteiger partial charge in [-0.3, -0.25) is 4.79 Å². The zero-order valence-corrected chi connectivity index (χ0v) is 15.2. The Balaban J connectivity index is 1.49. The smallest absolute Gasteiger partial charge is 0.231 e. The molecular weight excluding hydrogens is 338 g/mol. The number of hydrogen-bond acceptors (Lipinski definition) is 6. The van der Waals surface area contributed by atoms with Crippen LogP contribution in [0.3, 0.4) is 0 Å². The normalized spacial score (nSPS) is 26.2. The second-order valence-electron chi connectivity index (χ2n) is 7.42. The molecule has 0 aliphatic carbocycles. The van der Waals surface area contributed by atoms with Crippen LogP contribution in [0.25, 0.3) is 0 Å². The average molecular weight is 363 g/mol. The lowest BCUT2D eigenvalue weighted by atomic mass is 10.1. The van der Waals surface area contributed by atoms with Crippen molar-refractivity contribution in [3.63, 3.8) is 0 Å². The molecule has 26 heavy (non-hydrogen) atoms. The molecule has 0 N–H and O–H groups in total. The zero-order chi connectivity index (χ0) is 18.1. The van der Waals surface area contributed by atoms with Crippen LogP contribution in [-0.2, 0) is 25.5 Å². The summed E-state index contributed by atoms with van der Waals surface area (Å²) in [6.45, 7) is 6.62. The van der Waals surface area contributed by atoms with Crippen molar-refractivity contribution in [2.45, 2.75) is 38.7 Å². The quantitative estimate of drug-likeness (QED) is 0.796. The standard InChI is InChI=1S/C19H25NO6/c1-19(2)25-11-15(26-19)9-20(18(21)14-5-6-22-10-14)8-13-3-4-16-17(7-13)24-12-23-16/h3-4,7,14-15H,5-6,8-12H2,1-2H3/t14-,15+/m1/s1. The lowest BCUT2D eigenvalue weighted by molar-refractivity contribution is -0.148. The number of carbonyl (C=O) groups excluding carboxylic acids is 1. The fourth-order valence-electron chi connectivity index (χ4n) is 3.58. The van der Waals surface area contributed by atoms with Crippen LogP contribution in [0, 0.1) is 5.92 Å². The van der Waals surface area contributed by atoms with E-state index < -0.39 is 5.79 Å². The van der Waals surface area contributed by atoms with E-state index in [1.54, 1.807) is 0 Å². The molecular formula is C19H25NO6. The summed E-state index contributed by atoms with van der Waals surface area (Å²) in [5, 5.41) is 0. The highest BCUT2D eigenvalue weighted by molar-refractivity contribution is 5.79. The largest absolute Gasteiger partial charge is 0.454 e. The fourth-order valence-corrected chi connectivity index (χ4v) is 3.58. The summed E-state index contributed by atoms with van der Waals surface area (Å²) < 4.78 is 27.8. The lowest BCUT2D eigenvalue weighted by Crippen LogP contribution is -2.42. The molecule has 4 rings (SSSR count). The predicted molar refractivity (Wildman–Crippen MR) is 91.8 cm³/mol. The molecule has 0 saturated carbocycles. The monoisotopic (exact) mass is 363 g/mol. The maximum atomic E-state index is 13.0. The highest BCUT2D eigenvalue weighted by Crippen LogP contribution is 2.33. The van der Waals surface area contributed by atoms with Crippen molar-refractivity contribution >= 4 is 5.91 Å². The van der Waals surface area contributed by atoms with Crippen molar-refractivity contribution in [3.8, 4) is 11.5 Å². The number of nitrogens with zero attached hydrogens (tertiary/aromatic N) is 1. The van der Waals surface area contributed by atoms with E-state index in [-0.39, 0.29) is 24.7 Å². The first-order valence-corrected chi connectivity index (χ1v) is 9.07. The van der Waals surface area contributed by atoms with Crippen LogP contribution in [0.2, 0.25) is 0 Å². The number of carbonyl (C=O) groups is 1. The molecule has 2 atom stereocenters. The van der Waals surface area contributed by atoms with E-state index in [4.69, 9.17) is 23.7 Å². The Bertz CT molecular complexity index is 670. The molecule has 3 aliphatic heterocycles. The summed E-state index contributed by atoms with van der Waals surface area (Å²) in [5.74, 6) is 0.882. The van der Waals surface area contributed by atoms with Crippen LogP contribution in [0.4, 0.5) is 0 Å². The molecule has 0 spiro atoms. The van der Waals surface area contributed by atoms with Crippen LogP contribution in [-0.4, -0.2) is 55.9 Å². The van der Waals surface area contributed by atoms with Crippen molar-refractivity contribution < 1.29 is 28.5 Å². The molecule has 1 aromatic carbocycles. The van der Waals surface area contributed by atoms with Gasteiger partial charge in [-0.05, 0) is 38.0 Å². The topological polar surface area (TPSA) is 66.5 Å². The van der Waals surface area contributed by atoms with Crippen LogP contribution in [0.5, 0.6) is 11.5 Å². The average Bonchev–Trinajstić information content (AvgIpc) is 3.34. The highest BCUT2D eigenvalue weighted by Gasteiger charge is 2.36. The van der Waals surface area contributed by atoms with Gasteiger partial charge in [0.2, 0.25) is 12.7 Å².